The molecule has 0 radical (unpaired) electrons. The number of aryl methyl sites for hydroxylation is 2. The summed E-state index contributed by atoms with van der Waals surface area (Å²) < 4.78 is 32.3. The topological polar surface area (TPSA) is 111 Å². The van der Waals surface area contributed by atoms with E-state index < -0.39 is 21.0 Å². The van der Waals surface area contributed by atoms with E-state index in [1.165, 1.54) is 30.4 Å². The molecule has 0 unspecified atom stereocenters. The third-order valence-electron chi connectivity index (χ3n) is 4.63. The zero-order chi connectivity index (χ0) is 20.3. The van der Waals surface area contributed by atoms with Gasteiger partial charge < -0.3 is 10.1 Å². The lowest BCUT2D eigenvalue weighted by Crippen LogP contribution is -2.35. The van der Waals surface area contributed by atoms with E-state index in [9.17, 15) is 18.5 Å². The Bertz CT molecular complexity index is 991. The van der Waals surface area contributed by atoms with Crippen molar-refractivity contribution in [3.05, 3.63) is 57.6 Å². The molecule has 1 atom stereocenters. The van der Waals surface area contributed by atoms with Crippen LogP contribution in [0.1, 0.15) is 24.5 Å². The Hall–Kier alpha value is -2.49. The standard InChI is InChI=1S/C19H23N3O5S/c1-13(12-27-2)21-28(25,26)17-8-9-18(19(11-17)22(23)24)20-16-7-6-14-4-3-5-15(14)10-16/h6-11,13,20-21H,3-5,12H2,1-2H3/t13-/m0/s1. The molecule has 0 amide bonds. The van der Waals surface area contributed by atoms with Crippen molar-refractivity contribution in [3.8, 4) is 0 Å². The van der Waals surface area contributed by atoms with E-state index in [-0.39, 0.29) is 22.9 Å². The molecule has 0 aromatic heterocycles. The summed E-state index contributed by atoms with van der Waals surface area (Å²) in [7, 11) is -2.43. The molecule has 1 aliphatic carbocycles. The van der Waals surface area contributed by atoms with Crippen molar-refractivity contribution in [1.29, 1.82) is 0 Å². The zero-order valence-corrected chi connectivity index (χ0v) is 16.6. The number of rotatable bonds is 8. The van der Waals surface area contributed by atoms with Crippen LogP contribution in [0.5, 0.6) is 0 Å². The highest BCUT2D eigenvalue weighted by atomic mass is 32.2. The van der Waals surface area contributed by atoms with Crippen LogP contribution in [0.4, 0.5) is 17.1 Å². The van der Waals surface area contributed by atoms with Crippen molar-refractivity contribution in [2.45, 2.75) is 37.1 Å². The number of ether oxygens (including phenoxy) is 1. The monoisotopic (exact) mass is 405 g/mol. The van der Waals surface area contributed by atoms with Gasteiger partial charge in [-0.05, 0) is 61.6 Å². The van der Waals surface area contributed by atoms with Crippen LogP contribution in [0.25, 0.3) is 0 Å². The first-order valence-electron chi connectivity index (χ1n) is 8.98. The molecule has 1 aliphatic rings. The molecule has 0 spiro atoms. The summed E-state index contributed by atoms with van der Waals surface area (Å²) in [5.74, 6) is 0. The Morgan fingerprint density at radius 3 is 2.64 bits per heavy atom. The fourth-order valence-electron chi connectivity index (χ4n) is 3.36. The average Bonchev–Trinajstić information content (AvgIpc) is 3.09. The largest absolute Gasteiger partial charge is 0.383 e. The van der Waals surface area contributed by atoms with Gasteiger partial charge in [-0.15, -0.1) is 0 Å². The average molecular weight is 405 g/mol. The maximum absolute atomic E-state index is 12.5. The highest BCUT2D eigenvalue weighted by Gasteiger charge is 2.23. The number of nitrogens with zero attached hydrogens (tertiary/aromatic N) is 1. The van der Waals surface area contributed by atoms with Gasteiger partial charge in [-0.25, -0.2) is 13.1 Å². The second kappa shape index (κ2) is 8.26. The maximum Gasteiger partial charge on any atom is 0.294 e. The van der Waals surface area contributed by atoms with Gasteiger partial charge >= 0.3 is 0 Å². The Balaban J connectivity index is 1.88. The SMILES string of the molecule is COC[C@H](C)NS(=O)(=O)c1ccc(Nc2ccc3c(c2)CCC3)c([N+](=O)[O-])c1. The number of nitro groups is 1. The molecular formula is C19H23N3O5S. The van der Waals surface area contributed by atoms with E-state index in [2.05, 4.69) is 10.0 Å². The first-order chi connectivity index (χ1) is 13.3. The number of benzene rings is 2. The second-order valence-electron chi connectivity index (χ2n) is 6.88. The molecule has 0 saturated carbocycles. The molecule has 0 bridgehead atoms. The quantitative estimate of drug-likeness (QED) is 0.516. The molecule has 0 saturated heterocycles. The van der Waals surface area contributed by atoms with Gasteiger partial charge in [0.2, 0.25) is 10.0 Å². The van der Waals surface area contributed by atoms with Crippen LogP contribution in [0.3, 0.4) is 0 Å². The molecule has 28 heavy (non-hydrogen) atoms. The van der Waals surface area contributed by atoms with Crippen LogP contribution in [0.2, 0.25) is 0 Å². The molecule has 150 valence electrons. The first kappa shape index (κ1) is 20.2. The summed E-state index contributed by atoms with van der Waals surface area (Å²) in [6.07, 6.45) is 3.16. The molecule has 2 aromatic rings. The number of hydrogen-bond donors (Lipinski definition) is 2. The zero-order valence-electron chi connectivity index (χ0n) is 15.8. The van der Waals surface area contributed by atoms with Gasteiger partial charge in [0.1, 0.15) is 5.69 Å². The maximum atomic E-state index is 12.5. The number of sulfonamides is 1. The number of hydrogen-bond acceptors (Lipinski definition) is 6. The van der Waals surface area contributed by atoms with E-state index >= 15 is 0 Å². The highest BCUT2D eigenvalue weighted by Crippen LogP contribution is 2.32. The molecule has 2 aromatic carbocycles. The van der Waals surface area contributed by atoms with Gasteiger partial charge in [-0.2, -0.15) is 0 Å². The minimum Gasteiger partial charge on any atom is -0.383 e. The van der Waals surface area contributed by atoms with Crippen molar-refractivity contribution < 1.29 is 18.1 Å². The van der Waals surface area contributed by atoms with Crippen molar-refractivity contribution >= 4 is 27.1 Å². The van der Waals surface area contributed by atoms with Crippen LogP contribution >= 0.6 is 0 Å². The van der Waals surface area contributed by atoms with Crippen molar-refractivity contribution in [1.82, 2.24) is 4.72 Å². The van der Waals surface area contributed by atoms with Gasteiger partial charge in [0.15, 0.2) is 0 Å². The van der Waals surface area contributed by atoms with Gasteiger partial charge in [-0.3, -0.25) is 10.1 Å². The molecular weight excluding hydrogens is 382 g/mol. The van der Waals surface area contributed by atoms with E-state index in [1.54, 1.807) is 6.92 Å². The summed E-state index contributed by atoms with van der Waals surface area (Å²) in [6.45, 7) is 1.85. The number of nitrogens with one attached hydrogen (secondary N) is 2. The third kappa shape index (κ3) is 4.49. The Kier molecular flexibility index (Phi) is 5.97. The van der Waals surface area contributed by atoms with Crippen molar-refractivity contribution in [2.24, 2.45) is 0 Å². The summed E-state index contributed by atoms with van der Waals surface area (Å²) >= 11 is 0. The summed E-state index contributed by atoms with van der Waals surface area (Å²) in [5.41, 5.74) is 3.22. The lowest BCUT2D eigenvalue weighted by atomic mass is 10.1. The Labute approximate surface area is 164 Å². The minimum atomic E-state index is -3.90. The minimum absolute atomic E-state index is 0.165. The van der Waals surface area contributed by atoms with E-state index in [1.807, 2.05) is 18.2 Å². The van der Waals surface area contributed by atoms with Crippen molar-refractivity contribution in [2.75, 3.05) is 19.0 Å². The molecule has 2 N–H and O–H groups in total. The predicted octanol–water partition coefficient (Wildman–Crippen LogP) is 3.14. The van der Waals surface area contributed by atoms with Crippen LogP contribution in [0.15, 0.2) is 41.3 Å². The molecule has 8 nitrogen and oxygen atoms in total. The fourth-order valence-corrected chi connectivity index (χ4v) is 4.61. The lowest BCUT2D eigenvalue weighted by Gasteiger charge is -2.14. The summed E-state index contributed by atoms with van der Waals surface area (Å²) in [6, 6.07) is 9.27. The number of anilines is 2. The second-order valence-corrected chi connectivity index (χ2v) is 8.59. The summed E-state index contributed by atoms with van der Waals surface area (Å²) in [4.78, 5) is 10.8. The van der Waals surface area contributed by atoms with Crippen LogP contribution in [0, 0.1) is 10.1 Å². The predicted molar refractivity (Wildman–Crippen MR) is 107 cm³/mol. The van der Waals surface area contributed by atoms with Gasteiger partial charge in [-0.1, -0.05) is 6.07 Å². The normalized spacial score (nSPS) is 14.5. The van der Waals surface area contributed by atoms with Gasteiger partial charge in [0.25, 0.3) is 5.69 Å². The fraction of sp³-hybridized carbons (Fsp3) is 0.368. The molecule has 0 heterocycles. The number of nitro benzene ring substituents is 1. The van der Waals surface area contributed by atoms with Gasteiger partial charge in [0, 0.05) is 24.9 Å². The Morgan fingerprint density at radius 1 is 1.18 bits per heavy atom. The van der Waals surface area contributed by atoms with Crippen LogP contribution in [-0.2, 0) is 27.6 Å². The Morgan fingerprint density at radius 2 is 1.93 bits per heavy atom. The lowest BCUT2D eigenvalue weighted by molar-refractivity contribution is -0.384. The molecule has 9 heteroatoms. The van der Waals surface area contributed by atoms with Crippen LogP contribution < -0.4 is 10.0 Å². The highest BCUT2D eigenvalue weighted by molar-refractivity contribution is 7.89. The van der Waals surface area contributed by atoms with E-state index in [0.29, 0.717) is 0 Å². The van der Waals surface area contributed by atoms with Crippen LogP contribution in [-0.4, -0.2) is 33.1 Å². The van der Waals surface area contributed by atoms with Gasteiger partial charge in [0.05, 0.1) is 16.4 Å². The summed E-state index contributed by atoms with van der Waals surface area (Å²) in [5, 5.41) is 14.6. The number of fused-ring (bicyclic) bond motifs is 1. The van der Waals surface area contributed by atoms with E-state index in [0.717, 1.165) is 31.0 Å². The molecule has 0 fully saturated rings. The van der Waals surface area contributed by atoms with Crippen molar-refractivity contribution in [3.63, 3.8) is 0 Å². The molecule has 0 aliphatic heterocycles. The molecule has 3 rings (SSSR count). The van der Waals surface area contributed by atoms with E-state index in [4.69, 9.17) is 4.74 Å². The third-order valence-corrected chi connectivity index (χ3v) is 6.21. The smallest absolute Gasteiger partial charge is 0.294 e. The first-order valence-corrected chi connectivity index (χ1v) is 10.5. The number of methoxy groups -OCH3 is 1.